The van der Waals surface area contributed by atoms with Crippen molar-refractivity contribution in [2.45, 2.75) is 56.7 Å². The van der Waals surface area contributed by atoms with E-state index < -0.39 is 0 Å². The fourth-order valence-corrected chi connectivity index (χ4v) is 4.93. The van der Waals surface area contributed by atoms with Gasteiger partial charge in [0.05, 0.1) is 0 Å². The van der Waals surface area contributed by atoms with Gasteiger partial charge in [0.2, 0.25) is 0 Å². The highest BCUT2D eigenvalue weighted by Crippen LogP contribution is 2.39. The summed E-state index contributed by atoms with van der Waals surface area (Å²) in [4.78, 5) is 2.74. The summed E-state index contributed by atoms with van der Waals surface area (Å²) in [6, 6.07) is 0. The van der Waals surface area contributed by atoms with Crippen LogP contribution >= 0.6 is 11.8 Å². The van der Waals surface area contributed by atoms with Gasteiger partial charge in [-0.05, 0) is 44.7 Å². The van der Waals surface area contributed by atoms with Crippen LogP contribution in [-0.2, 0) is 0 Å². The normalized spacial score (nSPS) is 40.4. The highest BCUT2D eigenvalue weighted by molar-refractivity contribution is 8.00. The minimum atomic E-state index is 0.326. The topological polar surface area (TPSA) is 29.3 Å². The first-order chi connectivity index (χ1) is 8.20. The van der Waals surface area contributed by atoms with Gasteiger partial charge in [-0.1, -0.05) is 20.3 Å². The molecule has 17 heavy (non-hydrogen) atoms. The number of nitrogens with two attached hydrogens (primary N) is 1. The molecular formula is C14H28N2S. The first kappa shape index (κ1) is 13.7. The molecule has 0 aromatic carbocycles. The molecule has 2 nitrogen and oxygen atoms in total. The van der Waals surface area contributed by atoms with E-state index in [-0.39, 0.29) is 0 Å². The second kappa shape index (κ2) is 5.94. The maximum absolute atomic E-state index is 6.13. The van der Waals surface area contributed by atoms with Gasteiger partial charge >= 0.3 is 0 Å². The Bertz CT molecular complexity index is 246. The first-order valence-corrected chi connectivity index (χ1v) is 8.32. The Morgan fingerprint density at radius 1 is 1.35 bits per heavy atom. The van der Waals surface area contributed by atoms with Crippen molar-refractivity contribution in [3.05, 3.63) is 0 Å². The minimum absolute atomic E-state index is 0.326. The number of likely N-dealkylation sites (tertiary alicyclic amines) is 1. The van der Waals surface area contributed by atoms with Crippen molar-refractivity contribution in [2.24, 2.45) is 11.7 Å². The van der Waals surface area contributed by atoms with E-state index in [0.717, 1.165) is 17.7 Å². The Kier molecular flexibility index (Phi) is 4.79. The van der Waals surface area contributed by atoms with Crippen molar-refractivity contribution in [1.29, 1.82) is 0 Å². The van der Waals surface area contributed by atoms with Gasteiger partial charge in [0.25, 0.3) is 0 Å². The monoisotopic (exact) mass is 256 g/mol. The lowest BCUT2D eigenvalue weighted by Gasteiger charge is -2.40. The van der Waals surface area contributed by atoms with Crippen LogP contribution in [0.3, 0.4) is 0 Å². The van der Waals surface area contributed by atoms with Crippen LogP contribution in [-0.4, -0.2) is 41.1 Å². The lowest BCUT2D eigenvalue weighted by Crippen LogP contribution is -2.54. The third-order valence-corrected chi connectivity index (χ3v) is 6.22. The van der Waals surface area contributed by atoms with Crippen LogP contribution in [0, 0.1) is 5.92 Å². The Morgan fingerprint density at radius 3 is 2.76 bits per heavy atom. The Balaban J connectivity index is 2.00. The largest absolute Gasteiger partial charge is 0.329 e. The van der Waals surface area contributed by atoms with Gasteiger partial charge in [0.15, 0.2) is 0 Å². The van der Waals surface area contributed by atoms with Gasteiger partial charge < -0.3 is 5.73 Å². The summed E-state index contributed by atoms with van der Waals surface area (Å²) in [5.41, 5.74) is 6.45. The minimum Gasteiger partial charge on any atom is -0.329 e. The molecule has 0 aliphatic carbocycles. The Morgan fingerprint density at radius 2 is 2.18 bits per heavy atom. The second-order valence-electron chi connectivity index (χ2n) is 5.95. The zero-order chi connectivity index (χ0) is 12.3. The van der Waals surface area contributed by atoms with E-state index in [1.807, 2.05) is 0 Å². The first-order valence-electron chi connectivity index (χ1n) is 7.27. The number of rotatable bonds is 3. The molecule has 2 rings (SSSR count). The average molecular weight is 256 g/mol. The second-order valence-corrected chi connectivity index (χ2v) is 7.37. The molecule has 3 atom stereocenters. The van der Waals surface area contributed by atoms with E-state index in [4.69, 9.17) is 5.73 Å². The zero-order valence-corrected chi connectivity index (χ0v) is 12.3. The number of hydrogen-bond donors (Lipinski definition) is 1. The smallest absolute Gasteiger partial charge is 0.0432 e. The number of nitrogens with zero attached hydrogens (tertiary/aromatic N) is 1. The average Bonchev–Trinajstić information content (AvgIpc) is 2.59. The predicted octanol–water partition coefficient (Wildman–Crippen LogP) is 2.72. The van der Waals surface area contributed by atoms with Crippen molar-refractivity contribution in [2.75, 3.05) is 25.4 Å². The standard InChI is InChI=1S/C14H28N2S/c1-3-13-5-4-7-16(8-6-13)14(10-15)9-12(2)17-11-14/h12-13H,3-11,15H2,1-2H3. The van der Waals surface area contributed by atoms with Gasteiger partial charge in [0, 0.05) is 23.1 Å². The van der Waals surface area contributed by atoms with Crippen LogP contribution in [0.2, 0.25) is 0 Å². The molecule has 2 saturated heterocycles. The molecule has 0 saturated carbocycles. The van der Waals surface area contributed by atoms with E-state index in [1.165, 1.54) is 50.9 Å². The van der Waals surface area contributed by atoms with Crippen LogP contribution in [0.25, 0.3) is 0 Å². The highest BCUT2D eigenvalue weighted by Gasteiger charge is 2.42. The maximum atomic E-state index is 6.13. The molecule has 0 amide bonds. The fourth-order valence-electron chi connectivity index (χ4n) is 3.49. The molecule has 2 heterocycles. The summed E-state index contributed by atoms with van der Waals surface area (Å²) in [6.07, 6.45) is 6.84. The Labute approximate surface area is 111 Å². The molecule has 2 aliphatic heterocycles. The van der Waals surface area contributed by atoms with Crippen LogP contribution in [0.4, 0.5) is 0 Å². The lowest BCUT2D eigenvalue weighted by molar-refractivity contribution is 0.115. The Hall–Kier alpha value is 0.270. The summed E-state index contributed by atoms with van der Waals surface area (Å²) in [5.74, 6) is 2.21. The maximum Gasteiger partial charge on any atom is 0.0432 e. The summed E-state index contributed by atoms with van der Waals surface area (Å²) in [7, 11) is 0. The molecule has 100 valence electrons. The lowest BCUT2D eigenvalue weighted by atomic mass is 9.93. The van der Waals surface area contributed by atoms with E-state index in [0.29, 0.717) is 5.54 Å². The van der Waals surface area contributed by atoms with Crippen LogP contribution in [0.15, 0.2) is 0 Å². The molecule has 0 radical (unpaired) electrons. The van der Waals surface area contributed by atoms with E-state index >= 15 is 0 Å². The fraction of sp³-hybridized carbons (Fsp3) is 1.00. The number of thioether (sulfide) groups is 1. The third-order valence-electron chi connectivity index (χ3n) is 4.78. The van der Waals surface area contributed by atoms with E-state index in [9.17, 15) is 0 Å². The highest BCUT2D eigenvalue weighted by atomic mass is 32.2. The summed E-state index contributed by atoms with van der Waals surface area (Å²) in [5, 5.41) is 0.795. The molecule has 3 heteroatoms. The summed E-state index contributed by atoms with van der Waals surface area (Å²) >= 11 is 2.11. The molecule has 0 aromatic rings. The molecular weight excluding hydrogens is 228 g/mol. The van der Waals surface area contributed by atoms with E-state index in [2.05, 4.69) is 30.5 Å². The number of hydrogen-bond acceptors (Lipinski definition) is 3. The molecule has 0 aromatic heterocycles. The summed E-state index contributed by atoms with van der Waals surface area (Å²) in [6.45, 7) is 8.10. The molecule has 2 aliphatic rings. The van der Waals surface area contributed by atoms with Crippen molar-refractivity contribution < 1.29 is 0 Å². The molecule has 3 unspecified atom stereocenters. The summed E-state index contributed by atoms with van der Waals surface area (Å²) < 4.78 is 0. The van der Waals surface area contributed by atoms with Crippen LogP contribution < -0.4 is 5.73 Å². The molecule has 0 bridgehead atoms. The molecule has 2 fully saturated rings. The predicted molar refractivity (Wildman–Crippen MR) is 77.5 cm³/mol. The van der Waals surface area contributed by atoms with Gasteiger partial charge in [-0.3, -0.25) is 4.90 Å². The van der Waals surface area contributed by atoms with Gasteiger partial charge in [-0.25, -0.2) is 0 Å². The van der Waals surface area contributed by atoms with Gasteiger partial charge in [0.1, 0.15) is 0 Å². The van der Waals surface area contributed by atoms with Gasteiger partial charge in [-0.15, -0.1) is 0 Å². The van der Waals surface area contributed by atoms with Crippen molar-refractivity contribution in [3.8, 4) is 0 Å². The van der Waals surface area contributed by atoms with Crippen molar-refractivity contribution >= 4 is 11.8 Å². The van der Waals surface area contributed by atoms with Crippen molar-refractivity contribution in [1.82, 2.24) is 4.90 Å². The molecule has 2 N–H and O–H groups in total. The van der Waals surface area contributed by atoms with Crippen LogP contribution in [0.5, 0.6) is 0 Å². The van der Waals surface area contributed by atoms with E-state index in [1.54, 1.807) is 0 Å². The zero-order valence-electron chi connectivity index (χ0n) is 11.5. The van der Waals surface area contributed by atoms with Crippen LogP contribution in [0.1, 0.15) is 46.0 Å². The third kappa shape index (κ3) is 2.99. The molecule has 0 spiro atoms. The van der Waals surface area contributed by atoms with Crippen molar-refractivity contribution in [3.63, 3.8) is 0 Å². The van der Waals surface area contributed by atoms with Gasteiger partial charge in [-0.2, -0.15) is 11.8 Å². The quantitative estimate of drug-likeness (QED) is 0.842. The SMILES string of the molecule is CCC1CCCN(C2(CN)CSC(C)C2)CC1.